The summed E-state index contributed by atoms with van der Waals surface area (Å²) in [6, 6.07) is 8.77. The van der Waals surface area contributed by atoms with E-state index in [0.717, 1.165) is 24.2 Å². The molecular weight excluding hydrogens is 441 g/mol. The third kappa shape index (κ3) is 4.41. The van der Waals surface area contributed by atoms with Crippen LogP contribution in [-0.4, -0.2) is 36.3 Å². The summed E-state index contributed by atoms with van der Waals surface area (Å²) < 4.78 is 42.3. The van der Waals surface area contributed by atoms with Gasteiger partial charge < -0.3 is 5.32 Å². The lowest BCUT2D eigenvalue weighted by Crippen LogP contribution is -2.27. The Morgan fingerprint density at radius 3 is 2.61 bits per heavy atom. The lowest BCUT2D eigenvalue weighted by atomic mass is 10.2. The fourth-order valence-corrected chi connectivity index (χ4v) is 6.26. The van der Waals surface area contributed by atoms with Gasteiger partial charge in [-0.3, -0.25) is 14.2 Å². The largest absolute Gasteiger partial charge is 0.326 e. The average molecular weight is 464 g/mol. The predicted molar refractivity (Wildman–Crippen MR) is 118 cm³/mol. The van der Waals surface area contributed by atoms with Crippen molar-refractivity contribution in [3.8, 4) is 0 Å². The third-order valence-electron chi connectivity index (χ3n) is 5.37. The van der Waals surface area contributed by atoms with E-state index >= 15 is 0 Å². The van der Waals surface area contributed by atoms with Crippen molar-refractivity contribution in [3.05, 3.63) is 57.4 Å². The van der Waals surface area contributed by atoms with Gasteiger partial charge in [0.05, 0.1) is 15.1 Å². The molecule has 3 aromatic rings. The van der Waals surface area contributed by atoms with Gasteiger partial charge in [-0.05, 0) is 61.7 Å². The van der Waals surface area contributed by atoms with E-state index in [2.05, 4.69) is 5.32 Å². The normalized spacial score (nSPS) is 14.9. The first-order chi connectivity index (χ1) is 14.8. The zero-order valence-electron chi connectivity index (χ0n) is 16.9. The number of fused-ring (bicyclic) bond motifs is 1. The van der Waals surface area contributed by atoms with Crippen molar-refractivity contribution in [2.75, 3.05) is 18.4 Å². The molecule has 1 amide bonds. The molecule has 31 heavy (non-hydrogen) atoms. The maximum atomic E-state index is 13.2. The van der Waals surface area contributed by atoms with Crippen molar-refractivity contribution in [2.24, 2.45) is 0 Å². The third-order valence-corrected chi connectivity index (χ3v) is 8.20. The van der Waals surface area contributed by atoms with Gasteiger partial charge >= 0.3 is 4.87 Å². The van der Waals surface area contributed by atoms with Crippen molar-refractivity contribution < 1.29 is 17.6 Å². The van der Waals surface area contributed by atoms with Crippen LogP contribution in [0, 0.1) is 12.7 Å². The Hall–Kier alpha value is -2.56. The Kier molecular flexibility index (Phi) is 5.96. The molecule has 1 fully saturated rings. The van der Waals surface area contributed by atoms with E-state index in [1.165, 1.54) is 39.2 Å². The fourth-order valence-electron chi connectivity index (χ4n) is 3.69. The van der Waals surface area contributed by atoms with Crippen LogP contribution in [0.15, 0.2) is 46.1 Å². The molecule has 10 heteroatoms. The summed E-state index contributed by atoms with van der Waals surface area (Å²) in [6.45, 7) is 2.88. The zero-order chi connectivity index (χ0) is 22.2. The van der Waals surface area contributed by atoms with Crippen molar-refractivity contribution >= 4 is 43.2 Å². The van der Waals surface area contributed by atoms with Gasteiger partial charge in [-0.15, -0.1) is 0 Å². The number of carbonyl (C=O) groups excluding carboxylic acids is 1. The summed E-state index contributed by atoms with van der Waals surface area (Å²) >= 11 is 0.962. The highest BCUT2D eigenvalue weighted by atomic mass is 32.2. The molecule has 1 aromatic heterocycles. The molecule has 164 valence electrons. The first kappa shape index (κ1) is 21.7. The second-order valence-corrected chi connectivity index (χ2v) is 10.4. The van der Waals surface area contributed by atoms with E-state index in [1.54, 1.807) is 13.0 Å². The summed E-state index contributed by atoms with van der Waals surface area (Å²) in [5, 5.41) is 2.73. The van der Waals surface area contributed by atoms with E-state index in [-0.39, 0.29) is 34.5 Å². The van der Waals surface area contributed by atoms with E-state index in [1.807, 2.05) is 0 Å². The van der Waals surface area contributed by atoms with Crippen molar-refractivity contribution in [1.82, 2.24) is 8.87 Å². The number of rotatable bonds is 6. The molecule has 0 bridgehead atoms. The summed E-state index contributed by atoms with van der Waals surface area (Å²) in [6.07, 6.45) is 1.76. The Morgan fingerprint density at radius 1 is 1.16 bits per heavy atom. The predicted octanol–water partition coefficient (Wildman–Crippen LogP) is 3.32. The average Bonchev–Trinajstić information content (AvgIpc) is 3.36. The zero-order valence-corrected chi connectivity index (χ0v) is 18.6. The van der Waals surface area contributed by atoms with Gasteiger partial charge in [-0.2, -0.15) is 4.31 Å². The van der Waals surface area contributed by atoms with Crippen LogP contribution < -0.4 is 10.2 Å². The molecular formula is C21H22FN3O4S2. The quantitative estimate of drug-likeness (QED) is 0.607. The number of nitrogens with zero attached hydrogens (tertiary/aromatic N) is 2. The van der Waals surface area contributed by atoms with E-state index < -0.39 is 10.0 Å². The summed E-state index contributed by atoms with van der Waals surface area (Å²) in [5.74, 6) is -0.674. The van der Waals surface area contributed by atoms with Gasteiger partial charge in [-0.1, -0.05) is 11.3 Å². The minimum atomic E-state index is -3.56. The van der Waals surface area contributed by atoms with Crippen LogP contribution in [0.2, 0.25) is 0 Å². The summed E-state index contributed by atoms with van der Waals surface area (Å²) in [7, 11) is -3.56. The van der Waals surface area contributed by atoms with E-state index in [9.17, 15) is 22.4 Å². The lowest BCUT2D eigenvalue weighted by molar-refractivity contribution is -0.116. The summed E-state index contributed by atoms with van der Waals surface area (Å²) in [4.78, 5) is 24.7. The number of hydrogen-bond acceptors (Lipinski definition) is 5. The molecule has 2 aromatic carbocycles. The molecule has 2 heterocycles. The Labute approximate surface area is 183 Å². The highest BCUT2D eigenvalue weighted by molar-refractivity contribution is 7.89. The van der Waals surface area contributed by atoms with Crippen LogP contribution >= 0.6 is 11.3 Å². The molecule has 1 aliphatic rings. The van der Waals surface area contributed by atoms with E-state index in [4.69, 9.17) is 0 Å². The number of nitrogens with one attached hydrogen (secondary N) is 1. The fraction of sp³-hybridized carbons (Fsp3) is 0.333. The van der Waals surface area contributed by atoms with Gasteiger partial charge in [0.25, 0.3) is 0 Å². The molecule has 1 aliphatic heterocycles. The molecule has 1 N–H and O–H groups in total. The molecule has 1 saturated heterocycles. The van der Waals surface area contributed by atoms with Gasteiger partial charge in [-0.25, -0.2) is 12.8 Å². The van der Waals surface area contributed by atoms with Crippen LogP contribution in [0.4, 0.5) is 10.1 Å². The Morgan fingerprint density at radius 2 is 1.90 bits per heavy atom. The second kappa shape index (κ2) is 8.52. The maximum absolute atomic E-state index is 13.2. The maximum Gasteiger partial charge on any atom is 0.308 e. The monoisotopic (exact) mass is 463 g/mol. The molecule has 0 saturated carbocycles. The number of benzene rings is 2. The number of sulfonamides is 1. The van der Waals surface area contributed by atoms with Crippen LogP contribution in [0.25, 0.3) is 10.2 Å². The minimum Gasteiger partial charge on any atom is -0.326 e. The van der Waals surface area contributed by atoms with Crippen LogP contribution in [0.3, 0.4) is 0 Å². The van der Waals surface area contributed by atoms with Crippen LogP contribution in [0.1, 0.15) is 24.8 Å². The SMILES string of the molecule is Cc1cc(F)ccc1NC(=O)CCn1c(=O)sc2cc(S(=O)(=O)N3CCCC3)ccc21. The van der Waals surface area contributed by atoms with Crippen molar-refractivity contribution in [2.45, 2.75) is 37.6 Å². The Bertz CT molecular complexity index is 1310. The molecule has 0 radical (unpaired) electrons. The van der Waals surface area contributed by atoms with Crippen LogP contribution in [-0.2, 0) is 21.4 Å². The highest BCUT2D eigenvalue weighted by Crippen LogP contribution is 2.26. The molecule has 4 rings (SSSR count). The number of halogens is 1. The number of hydrogen-bond donors (Lipinski definition) is 1. The number of carbonyl (C=O) groups is 1. The second-order valence-electron chi connectivity index (χ2n) is 7.52. The first-order valence-corrected chi connectivity index (χ1v) is 12.2. The number of thiazole rings is 1. The van der Waals surface area contributed by atoms with Crippen molar-refractivity contribution in [3.63, 3.8) is 0 Å². The molecule has 0 unspecified atom stereocenters. The van der Waals surface area contributed by atoms with Crippen LogP contribution in [0.5, 0.6) is 0 Å². The summed E-state index contributed by atoms with van der Waals surface area (Å²) in [5.41, 5.74) is 1.73. The van der Waals surface area contributed by atoms with Gasteiger partial charge in [0, 0.05) is 31.7 Å². The molecule has 0 atom stereocenters. The van der Waals surface area contributed by atoms with Gasteiger partial charge in [0.15, 0.2) is 0 Å². The standard InChI is InChI=1S/C21H22FN3O4S2/c1-14-12-15(22)4-6-17(14)23-20(26)8-11-25-18-7-5-16(13-19(18)30-21(25)27)31(28,29)24-9-2-3-10-24/h4-7,12-13H,2-3,8-11H2,1H3,(H,23,26). The highest BCUT2D eigenvalue weighted by Gasteiger charge is 2.27. The number of amides is 1. The molecule has 7 nitrogen and oxygen atoms in total. The van der Waals surface area contributed by atoms with E-state index in [0.29, 0.717) is 34.6 Å². The number of aryl methyl sites for hydroxylation is 2. The minimum absolute atomic E-state index is 0.0520. The lowest BCUT2D eigenvalue weighted by Gasteiger charge is -2.15. The number of aromatic nitrogens is 1. The number of anilines is 1. The smallest absolute Gasteiger partial charge is 0.308 e. The topological polar surface area (TPSA) is 88.5 Å². The van der Waals surface area contributed by atoms with Crippen molar-refractivity contribution in [1.29, 1.82) is 0 Å². The molecule has 0 aliphatic carbocycles. The first-order valence-electron chi connectivity index (χ1n) is 9.95. The molecule has 0 spiro atoms. The van der Waals surface area contributed by atoms with Gasteiger partial charge in [0.2, 0.25) is 15.9 Å². The Balaban J connectivity index is 1.51. The van der Waals surface area contributed by atoms with Gasteiger partial charge in [0.1, 0.15) is 5.82 Å².